The Morgan fingerprint density at radius 1 is 1.07 bits per heavy atom. The molecule has 0 saturated carbocycles. The minimum atomic E-state index is -0.823. The van der Waals surface area contributed by atoms with E-state index in [-0.39, 0.29) is 17.5 Å². The summed E-state index contributed by atoms with van der Waals surface area (Å²) >= 11 is 0. The number of carbonyl (C=O) groups is 2. The van der Waals surface area contributed by atoms with E-state index in [4.69, 9.17) is 4.74 Å². The van der Waals surface area contributed by atoms with Gasteiger partial charge in [0.05, 0.1) is 4.92 Å². The highest BCUT2D eigenvalue weighted by atomic mass is 16.6. The number of nitrogens with one attached hydrogen (secondary N) is 1. The molecule has 1 fully saturated rings. The number of anilines is 1. The third-order valence-corrected chi connectivity index (χ3v) is 5.00. The number of ether oxygens (including phenoxy) is 1. The van der Waals surface area contributed by atoms with Crippen LogP contribution in [0.4, 0.5) is 11.4 Å². The smallest absolute Gasteiger partial charge is 0.269 e. The van der Waals surface area contributed by atoms with Gasteiger partial charge in [0.15, 0.2) is 6.10 Å². The molecule has 3 rings (SSSR count). The first-order valence-electron chi connectivity index (χ1n) is 10.1. The molecule has 1 atom stereocenters. The summed E-state index contributed by atoms with van der Waals surface area (Å²) in [6.45, 7) is 3.11. The van der Waals surface area contributed by atoms with Crippen molar-refractivity contribution >= 4 is 23.2 Å². The van der Waals surface area contributed by atoms with E-state index >= 15 is 0 Å². The van der Waals surface area contributed by atoms with Crippen LogP contribution in [0.3, 0.4) is 0 Å². The van der Waals surface area contributed by atoms with Crippen molar-refractivity contribution in [3.05, 3.63) is 64.2 Å². The zero-order valence-electron chi connectivity index (χ0n) is 16.9. The number of amides is 2. The summed E-state index contributed by atoms with van der Waals surface area (Å²) in [7, 11) is 0. The van der Waals surface area contributed by atoms with Crippen molar-refractivity contribution in [3.63, 3.8) is 0 Å². The Morgan fingerprint density at radius 2 is 1.73 bits per heavy atom. The van der Waals surface area contributed by atoms with Gasteiger partial charge in [0.25, 0.3) is 17.5 Å². The van der Waals surface area contributed by atoms with Crippen LogP contribution >= 0.6 is 0 Å². The van der Waals surface area contributed by atoms with Crippen LogP contribution in [0.5, 0.6) is 5.75 Å². The lowest BCUT2D eigenvalue weighted by molar-refractivity contribution is -0.384. The summed E-state index contributed by atoms with van der Waals surface area (Å²) in [5, 5.41) is 13.5. The fourth-order valence-corrected chi connectivity index (χ4v) is 3.33. The molecule has 0 aliphatic carbocycles. The van der Waals surface area contributed by atoms with E-state index in [0.29, 0.717) is 17.0 Å². The molecule has 0 spiro atoms. The summed E-state index contributed by atoms with van der Waals surface area (Å²) < 4.78 is 5.56. The molecule has 0 bridgehead atoms. The van der Waals surface area contributed by atoms with E-state index < -0.39 is 11.0 Å². The van der Waals surface area contributed by atoms with Crippen LogP contribution in [0.1, 0.15) is 43.0 Å². The Bertz CT molecular complexity index is 905. The van der Waals surface area contributed by atoms with Gasteiger partial charge in [-0.3, -0.25) is 19.7 Å². The molecular formula is C22H25N3O5. The number of likely N-dealkylation sites (tertiary alicyclic amines) is 1. The van der Waals surface area contributed by atoms with Gasteiger partial charge in [-0.05, 0) is 50.1 Å². The molecule has 1 N–H and O–H groups in total. The zero-order valence-corrected chi connectivity index (χ0v) is 16.9. The predicted octanol–water partition coefficient (Wildman–Crippen LogP) is 4.02. The predicted molar refractivity (Wildman–Crippen MR) is 113 cm³/mol. The summed E-state index contributed by atoms with van der Waals surface area (Å²) in [4.78, 5) is 37.3. The van der Waals surface area contributed by atoms with Crippen molar-refractivity contribution in [2.45, 2.75) is 38.7 Å². The van der Waals surface area contributed by atoms with Gasteiger partial charge in [0.2, 0.25) is 0 Å². The lowest BCUT2D eigenvalue weighted by atomic mass is 10.1. The normalized spacial score (nSPS) is 15.0. The number of nitrogens with zero attached hydrogens (tertiary/aromatic N) is 2. The van der Waals surface area contributed by atoms with Crippen molar-refractivity contribution in [2.75, 3.05) is 18.4 Å². The fraction of sp³-hybridized carbons (Fsp3) is 0.364. The first kappa shape index (κ1) is 21.3. The molecule has 0 radical (unpaired) electrons. The lowest BCUT2D eigenvalue weighted by Crippen LogP contribution is -2.32. The minimum Gasteiger partial charge on any atom is -0.481 e. The minimum absolute atomic E-state index is 0.0248. The Hall–Kier alpha value is -3.42. The molecule has 30 heavy (non-hydrogen) atoms. The first-order valence-corrected chi connectivity index (χ1v) is 10.1. The van der Waals surface area contributed by atoms with Crippen LogP contribution in [0, 0.1) is 10.1 Å². The maximum Gasteiger partial charge on any atom is 0.269 e. The van der Waals surface area contributed by atoms with Crippen molar-refractivity contribution in [3.8, 4) is 5.75 Å². The topological polar surface area (TPSA) is 102 Å². The molecule has 8 heteroatoms. The number of carbonyl (C=O) groups excluding carboxylic acids is 2. The number of non-ortho nitro benzene ring substituents is 1. The number of hydrogen-bond acceptors (Lipinski definition) is 5. The van der Waals surface area contributed by atoms with Gasteiger partial charge in [-0.2, -0.15) is 0 Å². The molecule has 1 unspecified atom stereocenters. The Balaban J connectivity index is 1.61. The molecule has 158 valence electrons. The molecule has 1 aliphatic heterocycles. The summed E-state index contributed by atoms with van der Waals surface area (Å²) in [6, 6.07) is 12.4. The maximum absolute atomic E-state index is 12.8. The standard InChI is InChI=1S/C22H25N3O5/c1-16(30-20-11-9-19(10-12-20)25(28)29)21(26)23-18-8-6-7-17(15-18)22(27)24-13-4-2-3-5-14-24/h6-12,15-16H,2-5,13-14H2,1H3,(H,23,26). The van der Waals surface area contributed by atoms with Crippen LogP contribution in [0.25, 0.3) is 0 Å². The summed E-state index contributed by atoms with van der Waals surface area (Å²) in [5.74, 6) is -0.0516. The SMILES string of the molecule is CC(Oc1ccc([N+](=O)[O-])cc1)C(=O)Nc1cccc(C(=O)N2CCCCCC2)c1. The highest BCUT2D eigenvalue weighted by Gasteiger charge is 2.19. The summed E-state index contributed by atoms with van der Waals surface area (Å²) in [5.41, 5.74) is 1.00. The molecule has 8 nitrogen and oxygen atoms in total. The van der Waals surface area contributed by atoms with E-state index in [1.807, 2.05) is 4.90 Å². The van der Waals surface area contributed by atoms with E-state index in [2.05, 4.69) is 5.32 Å². The highest BCUT2D eigenvalue weighted by molar-refractivity contribution is 5.98. The molecule has 1 saturated heterocycles. The fourth-order valence-electron chi connectivity index (χ4n) is 3.33. The van der Waals surface area contributed by atoms with Gasteiger partial charge in [0, 0.05) is 36.5 Å². The van der Waals surface area contributed by atoms with Crippen molar-refractivity contribution < 1.29 is 19.2 Å². The molecular weight excluding hydrogens is 386 g/mol. The summed E-state index contributed by atoms with van der Waals surface area (Å²) in [6.07, 6.45) is 3.50. The number of nitro benzene ring substituents is 1. The van der Waals surface area contributed by atoms with Gasteiger partial charge >= 0.3 is 0 Å². The van der Waals surface area contributed by atoms with E-state index in [1.54, 1.807) is 31.2 Å². The largest absolute Gasteiger partial charge is 0.481 e. The average molecular weight is 411 g/mol. The van der Waals surface area contributed by atoms with Crippen LogP contribution in [0.2, 0.25) is 0 Å². The van der Waals surface area contributed by atoms with Crippen molar-refractivity contribution in [2.24, 2.45) is 0 Å². The Labute approximate surface area is 175 Å². The van der Waals surface area contributed by atoms with Crippen LogP contribution in [0.15, 0.2) is 48.5 Å². The Morgan fingerprint density at radius 3 is 2.37 bits per heavy atom. The molecule has 0 aromatic heterocycles. The molecule has 2 aromatic rings. The Kier molecular flexibility index (Phi) is 7.00. The van der Waals surface area contributed by atoms with E-state index in [1.165, 1.54) is 24.3 Å². The second-order valence-electron chi connectivity index (χ2n) is 7.29. The van der Waals surface area contributed by atoms with Crippen LogP contribution < -0.4 is 10.1 Å². The highest BCUT2D eigenvalue weighted by Crippen LogP contribution is 2.20. The number of benzene rings is 2. The van der Waals surface area contributed by atoms with Crippen LogP contribution in [-0.4, -0.2) is 40.8 Å². The van der Waals surface area contributed by atoms with Crippen molar-refractivity contribution in [1.82, 2.24) is 4.90 Å². The maximum atomic E-state index is 12.8. The first-order chi connectivity index (χ1) is 14.4. The second kappa shape index (κ2) is 9.87. The van der Waals surface area contributed by atoms with E-state index in [9.17, 15) is 19.7 Å². The lowest BCUT2D eigenvalue weighted by Gasteiger charge is -2.21. The molecule has 2 aromatic carbocycles. The third kappa shape index (κ3) is 5.56. The van der Waals surface area contributed by atoms with Gasteiger partial charge in [0.1, 0.15) is 5.75 Å². The molecule has 1 heterocycles. The van der Waals surface area contributed by atoms with Gasteiger partial charge in [-0.15, -0.1) is 0 Å². The van der Waals surface area contributed by atoms with E-state index in [0.717, 1.165) is 38.8 Å². The quantitative estimate of drug-likeness (QED) is 0.571. The number of nitro groups is 1. The van der Waals surface area contributed by atoms with Gasteiger partial charge in [-0.25, -0.2) is 0 Å². The van der Waals surface area contributed by atoms with Gasteiger partial charge in [-0.1, -0.05) is 18.9 Å². The second-order valence-corrected chi connectivity index (χ2v) is 7.29. The zero-order chi connectivity index (χ0) is 21.5. The number of rotatable bonds is 6. The number of hydrogen-bond donors (Lipinski definition) is 1. The van der Waals surface area contributed by atoms with Crippen molar-refractivity contribution in [1.29, 1.82) is 0 Å². The third-order valence-electron chi connectivity index (χ3n) is 5.00. The molecule has 2 amide bonds. The van der Waals surface area contributed by atoms with Crippen LogP contribution in [-0.2, 0) is 4.79 Å². The monoisotopic (exact) mass is 411 g/mol. The average Bonchev–Trinajstić information content (AvgIpc) is 3.03. The van der Waals surface area contributed by atoms with Gasteiger partial charge < -0.3 is 15.0 Å². The molecule has 1 aliphatic rings.